The minimum Gasteiger partial charge on any atom is -0.363 e. The van der Waals surface area contributed by atoms with Crippen molar-refractivity contribution >= 4 is 11.8 Å². The first-order valence-electron chi connectivity index (χ1n) is 7.52. The molecule has 0 aliphatic carbocycles. The Kier molecular flexibility index (Phi) is 4.39. The Morgan fingerprint density at radius 2 is 1.95 bits per heavy atom. The Hall–Kier alpha value is -2.11. The van der Waals surface area contributed by atoms with Crippen LogP contribution < -0.4 is 10.2 Å². The molecule has 120 valence electrons. The summed E-state index contributed by atoms with van der Waals surface area (Å²) in [5, 5.41) is 7.97. The van der Waals surface area contributed by atoms with E-state index in [0.717, 1.165) is 17.1 Å². The lowest BCUT2D eigenvalue weighted by Gasteiger charge is -2.19. The Bertz CT molecular complexity index is 638. The molecule has 0 radical (unpaired) electrons. The van der Waals surface area contributed by atoms with Gasteiger partial charge in [0.1, 0.15) is 5.82 Å². The zero-order valence-electron chi connectivity index (χ0n) is 14.5. The quantitative estimate of drug-likeness (QED) is 0.941. The van der Waals surface area contributed by atoms with Crippen LogP contribution >= 0.6 is 0 Å². The largest absolute Gasteiger partial charge is 0.363 e. The van der Waals surface area contributed by atoms with Crippen molar-refractivity contribution in [1.29, 1.82) is 0 Å². The van der Waals surface area contributed by atoms with Gasteiger partial charge in [-0.25, -0.2) is 4.98 Å². The average molecular weight is 302 g/mol. The summed E-state index contributed by atoms with van der Waals surface area (Å²) in [6.45, 7) is 10.6. The number of nitrogens with zero attached hydrogens (tertiary/aromatic N) is 5. The number of anilines is 2. The summed E-state index contributed by atoms with van der Waals surface area (Å²) in [6, 6.07) is 1.98. The van der Waals surface area contributed by atoms with Crippen LogP contribution in [0.3, 0.4) is 0 Å². The van der Waals surface area contributed by atoms with Crippen molar-refractivity contribution in [3.8, 4) is 0 Å². The van der Waals surface area contributed by atoms with Gasteiger partial charge in [0.2, 0.25) is 5.95 Å². The number of nitrogens with one attached hydrogen (secondary N) is 1. The zero-order valence-corrected chi connectivity index (χ0v) is 14.5. The molecule has 2 aromatic rings. The number of hydrogen-bond donors (Lipinski definition) is 1. The van der Waals surface area contributed by atoms with Crippen LogP contribution in [-0.4, -0.2) is 33.8 Å². The molecule has 22 heavy (non-hydrogen) atoms. The molecule has 1 unspecified atom stereocenters. The van der Waals surface area contributed by atoms with Gasteiger partial charge in [0.15, 0.2) is 0 Å². The summed E-state index contributed by atoms with van der Waals surface area (Å²) in [5.74, 6) is 1.51. The molecule has 0 aromatic carbocycles. The SMILES string of the molecule is Cc1nn(C(C)(C)C)cc1C(C)Nc1nccc(N(C)C)n1. The predicted molar refractivity (Wildman–Crippen MR) is 90.4 cm³/mol. The smallest absolute Gasteiger partial charge is 0.225 e. The summed E-state index contributed by atoms with van der Waals surface area (Å²) in [5.41, 5.74) is 2.16. The highest BCUT2D eigenvalue weighted by atomic mass is 15.3. The van der Waals surface area contributed by atoms with E-state index in [1.165, 1.54) is 0 Å². The molecule has 0 spiro atoms. The number of hydrogen-bond acceptors (Lipinski definition) is 5. The highest BCUT2D eigenvalue weighted by Crippen LogP contribution is 2.23. The normalized spacial score (nSPS) is 13.0. The minimum absolute atomic E-state index is 0.0237. The van der Waals surface area contributed by atoms with E-state index >= 15 is 0 Å². The molecule has 0 bridgehead atoms. The molecular weight excluding hydrogens is 276 g/mol. The lowest BCUT2D eigenvalue weighted by atomic mass is 10.1. The van der Waals surface area contributed by atoms with E-state index in [0.29, 0.717) is 5.95 Å². The Morgan fingerprint density at radius 1 is 1.27 bits per heavy atom. The summed E-state index contributed by atoms with van der Waals surface area (Å²) in [4.78, 5) is 10.8. The van der Waals surface area contributed by atoms with Crippen LogP contribution in [0.4, 0.5) is 11.8 Å². The molecule has 0 fully saturated rings. The monoisotopic (exact) mass is 302 g/mol. The minimum atomic E-state index is -0.0237. The Morgan fingerprint density at radius 3 is 2.50 bits per heavy atom. The summed E-state index contributed by atoms with van der Waals surface area (Å²) < 4.78 is 2.01. The van der Waals surface area contributed by atoms with E-state index in [2.05, 4.69) is 54.3 Å². The molecule has 0 saturated carbocycles. The second-order valence-electron chi connectivity index (χ2n) is 6.78. The fraction of sp³-hybridized carbons (Fsp3) is 0.562. The van der Waals surface area contributed by atoms with Gasteiger partial charge in [0, 0.05) is 32.1 Å². The van der Waals surface area contributed by atoms with Gasteiger partial charge in [0.05, 0.1) is 17.3 Å². The van der Waals surface area contributed by atoms with Crippen LogP contribution in [0.5, 0.6) is 0 Å². The van der Waals surface area contributed by atoms with Crippen LogP contribution in [0, 0.1) is 6.92 Å². The molecule has 0 aliphatic rings. The lowest BCUT2D eigenvalue weighted by Crippen LogP contribution is -2.22. The second kappa shape index (κ2) is 5.94. The first kappa shape index (κ1) is 16.3. The number of aryl methyl sites for hydroxylation is 1. The molecule has 0 amide bonds. The van der Waals surface area contributed by atoms with Gasteiger partial charge in [-0.1, -0.05) is 0 Å². The molecular formula is C16H26N6. The van der Waals surface area contributed by atoms with Crippen molar-refractivity contribution in [3.05, 3.63) is 29.7 Å². The molecule has 1 N–H and O–H groups in total. The third kappa shape index (κ3) is 3.55. The van der Waals surface area contributed by atoms with Gasteiger partial charge in [-0.05, 0) is 40.7 Å². The Balaban J connectivity index is 2.21. The molecule has 1 atom stereocenters. The van der Waals surface area contributed by atoms with E-state index in [4.69, 9.17) is 0 Å². The molecule has 6 heteroatoms. The van der Waals surface area contributed by atoms with Gasteiger partial charge >= 0.3 is 0 Å². The van der Waals surface area contributed by atoms with Crippen LogP contribution in [0.15, 0.2) is 18.5 Å². The highest BCUT2D eigenvalue weighted by Gasteiger charge is 2.19. The molecule has 6 nitrogen and oxygen atoms in total. The zero-order chi connectivity index (χ0) is 16.5. The van der Waals surface area contributed by atoms with E-state index in [1.54, 1.807) is 6.20 Å². The van der Waals surface area contributed by atoms with Crippen molar-refractivity contribution < 1.29 is 0 Å². The third-order valence-corrected chi connectivity index (χ3v) is 3.54. The number of aromatic nitrogens is 4. The van der Waals surface area contributed by atoms with Crippen molar-refractivity contribution in [2.75, 3.05) is 24.3 Å². The highest BCUT2D eigenvalue weighted by molar-refractivity contribution is 5.42. The van der Waals surface area contributed by atoms with Crippen molar-refractivity contribution in [2.45, 2.75) is 46.2 Å². The first-order chi connectivity index (χ1) is 10.2. The standard InChI is InChI=1S/C16H26N6/c1-11(13-10-22(16(3,4)5)20-12(13)2)18-15-17-9-8-14(19-15)21(6)7/h8-11H,1-7H3,(H,17,18,19). The van der Waals surface area contributed by atoms with Gasteiger partial charge in [-0.2, -0.15) is 10.1 Å². The lowest BCUT2D eigenvalue weighted by molar-refractivity contribution is 0.354. The predicted octanol–water partition coefficient (Wildman–Crippen LogP) is 2.98. The van der Waals surface area contributed by atoms with Gasteiger partial charge < -0.3 is 10.2 Å². The number of rotatable bonds is 4. The van der Waals surface area contributed by atoms with Gasteiger partial charge in [-0.3, -0.25) is 4.68 Å². The van der Waals surface area contributed by atoms with Crippen LogP contribution in [0.25, 0.3) is 0 Å². The molecule has 2 rings (SSSR count). The van der Waals surface area contributed by atoms with Crippen LogP contribution in [-0.2, 0) is 5.54 Å². The summed E-state index contributed by atoms with van der Waals surface area (Å²) in [6.07, 6.45) is 3.87. The van der Waals surface area contributed by atoms with Crippen molar-refractivity contribution in [1.82, 2.24) is 19.7 Å². The third-order valence-electron chi connectivity index (χ3n) is 3.54. The Labute approximate surface area is 132 Å². The van der Waals surface area contributed by atoms with Crippen molar-refractivity contribution in [3.63, 3.8) is 0 Å². The molecule has 2 aromatic heterocycles. The van der Waals surface area contributed by atoms with Crippen LogP contribution in [0.1, 0.15) is 45.0 Å². The maximum absolute atomic E-state index is 4.62. The fourth-order valence-corrected chi connectivity index (χ4v) is 2.18. The maximum Gasteiger partial charge on any atom is 0.225 e. The van der Waals surface area contributed by atoms with Gasteiger partial charge in [0.25, 0.3) is 0 Å². The van der Waals surface area contributed by atoms with E-state index < -0.39 is 0 Å². The van der Waals surface area contributed by atoms with E-state index in [-0.39, 0.29) is 11.6 Å². The molecule has 2 heterocycles. The molecule has 0 aliphatic heterocycles. The maximum atomic E-state index is 4.62. The fourth-order valence-electron chi connectivity index (χ4n) is 2.18. The van der Waals surface area contributed by atoms with Gasteiger partial charge in [-0.15, -0.1) is 0 Å². The van der Waals surface area contributed by atoms with Crippen LogP contribution in [0.2, 0.25) is 0 Å². The first-order valence-corrected chi connectivity index (χ1v) is 7.52. The van der Waals surface area contributed by atoms with E-state index in [9.17, 15) is 0 Å². The topological polar surface area (TPSA) is 58.9 Å². The van der Waals surface area contributed by atoms with E-state index in [1.807, 2.05) is 36.7 Å². The summed E-state index contributed by atoms with van der Waals surface area (Å²) in [7, 11) is 3.93. The summed E-state index contributed by atoms with van der Waals surface area (Å²) >= 11 is 0. The molecule has 0 saturated heterocycles. The average Bonchev–Trinajstić information content (AvgIpc) is 2.81. The van der Waals surface area contributed by atoms with Crippen molar-refractivity contribution in [2.24, 2.45) is 0 Å². The second-order valence-corrected chi connectivity index (χ2v) is 6.78.